The van der Waals surface area contributed by atoms with Gasteiger partial charge in [0.1, 0.15) is 5.75 Å². The van der Waals surface area contributed by atoms with Crippen molar-refractivity contribution in [3.63, 3.8) is 0 Å². The Morgan fingerprint density at radius 3 is 2.67 bits per heavy atom. The summed E-state index contributed by atoms with van der Waals surface area (Å²) in [5.74, 6) is 2.05. The molecule has 0 unspecified atom stereocenters. The van der Waals surface area contributed by atoms with E-state index >= 15 is 0 Å². The summed E-state index contributed by atoms with van der Waals surface area (Å²) in [6.07, 6.45) is 0.378. The van der Waals surface area contributed by atoms with Crippen molar-refractivity contribution in [1.82, 2.24) is 20.0 Å². The smallest absolute Gasteiger partial charge is 0.228 e. The van der Waals surface area contributed by atoms with Crippen LogP contribution in [0.3, 0.4) is 0 Å². The molecule has 0 spiro atoms. The maximum absolute atomic E-state index is 13.0. The van der Waals surface area contributed by atoms with E-state index in [0.717, 1.165) is 42.0 Å². The van der Waals surface area contributed by atoms with E-state index in [-0.39, 0.29) is 18.3 Å². The van der Waals surface area contributed by atoms with E-state index in [1.807, 2.05) is 36.4 Å². The van der Waals surface area contributed by atoms with Gasteiger partial charge in [-0.05, 0) is 36.7 Å². The lowest BCUT2D eigenvalue weighted by Gasteiger charge is -2.27. The van der Waals surface area contributed by atoms with Crippen molar-refractivity contribution in [1.29, 1.82) is 0 Å². The van der Waals surface area contributed by atoms with E-state index in [1.54, 1.807) is 7.11 Å². The molecule has 2 aliphatic rings. The number of hydrogen-bond donors (Lipinski definition) is 1. The molecule has 3 heterocycles. The maximum atomic E-state index is 13.0. The van der Waals surface area contributed by atoms with Crippen molar-refractivity contribution in [2.45, 2.75) is 12.5 Å². The van der Waals surface area contributed by atoms with Gasteiger partial charge in [-0.25, -0.2) is 0 Å². The second kappa shape index (κ2) is 8.28. The Balaban J connectivity index is 0.00000218. The molecule has 0 saturated carbocycles. The Hall–Kier alpha value is -2.57. The van der Waals surface area contributed by atoms with Crippen molar-refractivity contribution in [3.8, 4) is 5.75 Å². The van der Waals surface area contributed by atoms with Gasteiger partial charge in [-0.1, -0.05) is 30.3 Å². The first-order valence-electron chi connectivity index (χ1n) is 10.2. The molecule has 30 heavy (non-hydrogen) atoms. The largest absolute Gasteiger partial charge is 0.497 e. The number of amides is 1. The Morgan fingerprint density at radius 1 is 1.13 bits per heavy atom. The summed E-state index contributed by atoms with van der Waals surface area (Å²) in [6.45, 7) is 2.68. The van der Waals surface area contributed by atoms with Crippen LogP contribution in [0.15, 0.2) is 48.5 Å². The van der Waals surface area contributed by atoms with Gasteiger partial charge in [-0.15, -0.1) is 12.4 Å². The number of benzene rings is 2. The van der Waals surface area contributed by atoms with E-state index in [1.165, 1.54) is 5.56 Å². The predicted molar refractivity (Wildman–Crippen MR) is 119 cm³/mol. The number of rotatable bonds is 4. The van der Waals surface area contributed by atoms with E-state index < -0.39 is 0 Å². The third kappa shape index (κ3) is 3.55. The zero-order valence-electron chi connectivity index (χ0n) is 17.2. The number of aromatic amines is 1. The molecule has 1 N–H and O–H groups in total. The number of H-pyrrole nitrogens is 1. The summed E-state index contributed by atoms with van der Waals surface area (Å²) in [6, 6.07) is 16.7. The van der Waals surface area contributed by atoms with Gasteiger partial charge in [0.25, 0.3) is 0 Å². The quantitative estimate of drug-likeness (QED) is 0.695. The molecule has 3 atom stereocenters. The zero-order valence-corrected chi connectivity index (χ0v) is 18.1. The first-order chi connectivity index (χ1) is 14.1. The van der Waals surface area contributed by atoms with Gasteiger partial charge in [-0.2, -0.15) is 5.10 Å². The Morgan fingerprint density at radius 2 is 1.90 bits per heavy atom. The fraction of sp³-hybridized carbons (Fsp3) is 0.391. The molecule has 3 aromatic rings. The summed E-state index contributed by atoms with van der Waals surface area (Å²) in [5.41, 5.74) is 3.12. The molecule has 2 aromatic carbocycles. The number of ether oxygens (including phenoxy) is 1. The summed E-state index contributed by atoms with van der Waals surface area (Å²) >= 11 is 0. The molecular formula is C23H27ClN4O2. The van der Waals surface area contributed by atoms with Gasteiger partial charge in [-0.3, -0.25) is 14.8 Å². The molecule has 158 valence electrons. The highest BCUT2D eigenvalue weighted by Crippen LogP contribution is 2.44. The van der Waals surface area contributed by atoms with E-state index in [9.17, 15) is 4.79 Å². The van der Waals surface area contributed by atoms with Crippen LogP contribution in [0.2, 0.25) is 0 Å². The minimum atomic E-state index is 0. The number of nitrogens with zero attached hydrogens (tertiary/aromatic N) is 3. The number of aromatic nitrogens is 2. The second-order valence-electron chi connectivity index (χ2n) is 8.28. The molecule has 0 bridgehead atoms. The minimum absolute atomic E-state index is 0. The summed E-state index contributed by atoms with van der Waals surface area (Å²) in [5, 5.41) is 8.41. The highest BCUT2D eigenvalue weighted by molar-refractivity contribution is 5.87. The van der Waals surface area contributed by atoms with Gasteiger partial charge in [0.15, 0.2) is 0 Å². The lowest BCUT2D eigenvalue weighted by atomic mass is 9.89. The third-order valence-electron chi connectivity index (χ3n) is 6.57. The number of carbonyl (C=O) groups is 1. The van der Waals surface area contributed by atoms with Crippen LogP contribution in [-0.4, -0.2) is 59.7 Å². The summed E-state index contributed by atoms with van der Waals surface area (Å²) in [4.78, 5) is 17.5. The topological polar surface area (TPSA) is 61.5 Å². The van der Waals surface area contributed by atoms with Gasteiger partial charge < -0.3 is 9.64 Å². The molecule has 7 heteroatoms. The van der Waals surface area contributed by atoms with Crippen LogP contribution in [0.5, 0.6) is 5.75 Å². The lowest BCUT2D eigenvalue weighted by molar-refractivity contribution is -0.129. The average Bonchev–Trinajstić information content (AvgIpc) is 3.41. The fourth-order valence-electron chi connectivity index (χ4n) is 5.18. The molecule has 5 rings (SSSR count). The first-order valence-corrected chi connectivity index (χ1v) is 10.2. The highest BCUT2D eigenvalue weighted by atomic mass is 35.5. The number of carbonyl (C=O) groups excluding carboxylic acids is 1. The second-order valence-corrected chi connectivity index (χ2v) is 8.28. The van der Waals surface area contributed by atoms with Crippen LogP contribution >= 0.6 is 12.4 Å². The number of hydrogen-bond acceptors (Lipinski definition) is 4. The summed E-state index contributed by atoms with van der Waals surface area (Å²) < 4.78 is 5.30. The standard InChI is InChI=1S/C23H26N4O2.ClH/c1-26-12-16-13-27(14-19(16)23(26)15-7-9-17(29-2)10-8-15)22(28)11-21-18-5-3-4-6-20(18)24-25-21;/h3-10,16,19,23H,11-14H2,1-2H3,(H,24,25);1H/t16-,19+,23-;/m0./s1. The molecular weight excluding hydrogens is 400 g/mol. The maximum Gasteiger partial charge on any atom is 0.228 e. The van der Waals surface area contributed by atoms with Gasteiger partial charge in [0.05, 0.1) is 24.7 Å². The number of halogens is 1. The first kappa shape index (κ1) is 20.7. The lowest BCUT2D eigenvalue weighted by Crippen LogP contribution is -2.34. The number of methoxy groups -OCH3 is 1. The number of para-hydroxylation sites is 1. The Bertz CT molecular complexity index is 1040. The van der Waals surface area contributed by atoms with Crippen LogP contribution in [-0.2, 0) is 11.2 Å². The fourth-order valence-corrected chi connectivity index (χ4v) is 5.18. The molecule has 1 amide bonds. The SMILES string of the molecule is COc1ccc([C@H]2[C@@H]3CN(C(=O)Cc4[nH]nc5ccccc45)C[C@@H]3CN2C)cc1.Cl. The number of fused-ring (bicyclic) bond motifs is 2. The Labute approximate surface area is 182 Å². The van der Waals surface area contributed by atoms with Gasteiger partial charge >= 0.3 is 0 Å². The van der Waals surface area contributed by atoms with Crippen LogP contribution < -0.4 is 4.74 Å². The normalized spacial score (nSPS) is 23.4. The van der Waals surface area contributed by atoms with E-state index in [4.69, 9.17) is 4.74 Å². The molecule has 1 aromatic heterocycles. The van der Waals surface area contributed by atoms with Crippen molar-refractivity contribution in [3.05, 3.63) is 59.8 Å². The van der Waals surface area contributed by atoms with E-state index in [0.29, 0.717) is 24.3 Å². The number of nitrogens with one attached hydrogen (secondary N) is 1. The summed E-state index contributed by atoms with van der Waals surface area (Å²) in [7, 11) is 3.88. The average molecular weight is 427 g/mol. The molecule has 2 fully saturated rings. The van der Waals surface area contributed by atoms with Crippen LogP contribution in [0.4, 0.5) is 0 Å². The van der Waals surface area contributed by atoms with Crippen molar-refractivity contribution in [2.24, 2.45) is 11.8 Å². The zero-order chi connectivity index (χ0) is 20.0. The molecule has 0 aliphatic carbocycles. The predicted octanol–water partition coefficient (Wildman–Crippen LogP) is 3.30. The van der Waals surface area contributed by atoms with Crippen molar-refractivity contribution in [2.75, 3.05) is 33.8 Å². The van der Waals surface area contributed by atoms with Gasteiger partial charge in [0, 0.05) is 37.0 Å². The molecule has 6 nitrogen and oxygen atoms in total. The molecule has 2 aliphatic heterocycles. The van der Waals surface area contributed by atoms with Crippen molar-refractivity contribution < 1.29 is 9.53 Å². The molecule has 2 saturated heterocycles. The highest BCUT2D eigenvalue weighted by Gasteiger charge is 2.47. The monoisotopic (exact) mass is 426 g/mol. The minimum Gasteiger partial charge on any atom is -0.497 e. The van der Waals surface area contributed by atoms with Crippen LogP contribution in [0, 0.1) is 11.8 Å². The van der Waals surface area contributed by atoms with Gasteiger partial charge in [0.2, 0.25) is 5.91 Å². The Kier molecular flexibility index (Phi) is 5.71. The third-order valence-corrected chi connectivity index (χ3v) is 6.57. The number of likely N-dealkylation sites (tertiary alicyclic amines) is 2. The molecule has 0 radical (unpaired) electrons. The van der Waals surface area contributed by atoms with Crippen molar-refractivity contribution >= 4 is 29.2 Å². The van der Waals surface area contributed by atoms with E-state index in [2.05, 4.69) is 39.2 Å². The van der Waals surface area contributed by atoms with Crippen LogP contribution in [0.25, 0.3) is 10.9 Å². The van der Waals surface area contributed by atoms with Crippen LogP contribution in [0.1, 0.15) is 17.3 Å².